The van der Waals surface area contributed by atoms with Gasteiger partial charge in [0.2, 0.25) is 0 Å². The first-order chi connectivity index (χ1) is 7.65. The fourth-order valence-corrected chi connectivity index (χ4v) is 2.15. The molecule has 0 saturated carbocycles. The van der Waals surface area contributed by atoms with E-state index in [9.17, 15) is 9.90 Å². The highest BCUT2D eigenvalue weighted by Crippen LogP contribution is 2.21. The molecule has 0 aromatic carbocycles. The maximum atomic E-state index is 12.2. The molecule has 0 spiro atoms. The molecule has 2 heterocycles. The third-order valence-electron chi connectivity index (χ3n) is 3.02. The van der Waals surface area contributed by atoms with Gasteiger partial charge in [-0.2, -0.15) is 5.10 Å². The monoisotopic (exact) mass is 224 g/mol. The number of hydrogen-bond acceptors (Lipinski definition) is 4. The molecule has 0 radical (unpaired) electrons. The molecular weight excluding hydrogens is 208 g/mol. The van der Waals surface area contributed by atoms with Crippen LogP contribution < -0.4 is 5.73 Å². The molecule has 1 aromatic heterocycles. The maximum Gasteiger partial charge on any atom is 0.274 e. The van der Waals surface area contributed by atoms with E-state index < -0.39 is 0 Å². The van der Waals surface area contributed by atoms with E-state index in [0.29, 0.717) is 17.9 Å². The first-order valence-electron chi connectivity index (χ1n) is 5.34. The Labute approximate surface area is 93.6 Å². The van der Waals surface area contributed by atoms with Gasteiger partial charge in [0.15, 0.2) is 0 Å². The summed E-state index contributed by atoms with van der Waals surface area (Å²) in [6.45, 7) is 0.679. The molecule has 1 aliphatic rings. The highest BCUT2D eigenvalue weighted by atomic mass is 16.3. The summed E-state index contributed by atoms with van der Waals surface area (Å²) in [5, 5.41) is 13.1. The normalized spacial score (nSPS) is 20.4. The van der Waals surface area contributed by atoms with Gasteiger partial charge in [0.05, 0.1) is 24.5 Å². The van der Waals surface area contributed by atoms with E-state index in [1.807, 2.05) is 0 Å². The number of nitrogen functional groups attached to an aromatic ring is 1. The van der Waals surface area contributed by atoms with E-state index in [4.69, 9.17) is 5.73 Å². The smallest absolute Gasteiger partial charge is 0.274 e. The molecule has 1 fully saturated rings. The van der Waals surface area contributed by atoms with Crippen LogP contribution in [0.25, 0.3) is 0 Å². The van der Waals surface area contributed by atoms with Crippen molar-refractivity contribution in [1.82, 2.24) is 14.7 Å². The zero-order chi connectivity index (χ0) is 11.7. The van der Waals surface area contributed by atoms with E-state index >= 15 is 0 Å². The average Bonchev–Trinajstić information content (AvgIpc) is 2.85. The Kier molecular flexibility index (Phi) is 2.82. The zero-order valence-electron chi connectivity index (χ0n) is 9.26. The Bertz CT molecular complexity index is 382. The molecule has 0 aliphatic carbocycles. The van der Waals surface area contributed by atoms with Crippen LogP contribution in [0.2, 0.25) is 0 Å². The van der Waals surface area contributed by atoms with Gasteiger partial charge < -0.3 is 15.7 Å². The lowest BCUT2D eigenvalue weighted by Gasteiger charge is -2.23. The predicted molar refractivity (Wildman–Crippen MR) is 58.8 cm³/mol. The number of aliphatic hydroxyl groups excluding tert-OH is 1. The number of amides is 1. The standard InChI is InChI=1S/C10H16N4O2/c1-13-9(8(11)5-12-13)10(16)14-4-2-3-7(14)6-15/h5,7,15H,2-4,6,11H2,1H3. The molecule has 1 atom stereocenters. The molecule has 1 aromatic rings. The van der Waals surface area contributed by atoms with Gasteiger partial charge in [0.1, 0.15) is 5.69 Å². The van der Waals surface area contributed by atoms with E-state index in [2.05, 4.69) is 5.10 Å². The summed E-state index contributed by atoms with van der Waals surface area (Å²) < 4.78 is 1.48. The lowest BCUT2D eigenvalue weighted by molar-refractivity contribution is 0.0667. The van der Waals surface area contributed by atoms with Gasteiger partial charge in [-0.1, -0.05) is 0 Å². The van der Waals surface area contributed by atoms with Crippen LogP contribution in [-0.4, -0.2) is 44.9 Å². The number of nitrogens with two attached hydrogens (primary N) is 1. The molecule has 6 nitrogen and oxygen atoms in total. The SMILES string of the molecule is Cn1ncc(N)c1C(=O)N1CCCC1CO. The summed E-state index contributed by atoms with van der Waals surface area (Å²) in [6, 6.07) is -0.0817. The van der Waals surface area contributed by atoms with Crippen molar-refractivity contribution in [2.45, 2.75) is 18.9 Å². The van der Waals surface area contributed by atoms with E-state index in [-0.39, 0.29) is 18.6 Å². The minimum absolute atomic E-state index is 0.00347. The van der Waals surface area contributed by atoms with Crippen molar-refractivity contribution >= 4 is 11.6 Å². The lowest BCUT2D eigenvalue weighted by Crippen LogP contribution is -2.38. The molecule has 1 aliphatic heterocycles. The van der Waals surface area contributed by atoms with Crippen LogP contribution in [0.1, 0.15) is 23.3 Å². The maximum absolute atomic E-state index is 12.2. The fourth-order valence-electron chi connectivity index (χ4n) is 2.15. The Balaban J connectivity index is 2.25. The minimum Gasteiger partial charge on any atom is -0.396 e. The number of carbonyl (C=O) groups excluding carboxylic acids is 1. The van der Waals surface area contributed by atoms with Crippen molar-refractivity contribution in [3.63, 3.8) is 0 Å². The number of aromatic nitrogens is 2. The van der Waals surface area contributed by atoms with Crippen molar-refractivity contribution in [2.24, 2.45) is 7.05 Å². The summed E-state index contributed by atoms with van der Waals surface area (Å²) in [5.74, 6) is -0.144. The highest BCUT2D eigenvalue weighted by molar-refractivity contribution is 5.97. The number of aliphatic hydroxyl groups is 1. The molecule has 1 amide bonds. The first kappa shape index (κ1) is 10.9. The van der Waals surface area contributed by atoms with Crippen LogP contribution in [-0.2, 0) is 7.05 Å². The van der Waals surface area contributed by atoms with E-state index in [0.717, 1.165) is 12.8 Å². The quantitative estimate of drug-likeness (QED) is 0.716. The minimum atomic E-state index is -0.144. The lowest BCUT2D eigenvalue weighted by atomic mass is 10.2. The summed E-state index contributed by atoms with van der Waals surface area (Å²) in [6.07, 6.45) is 3.24. The molecule has 1 saturated heterocycles. The van der Waals surface area contributed by atoms with Gasteiger partial charge in [-0.3, -0.25) is 9.48 Å². The first-order valence-corrected chi connectivity index (χ1v) is 5.34. The third-order valence-corrected chi connectivity index (χ3v) is 3.02. The van der Waals surface area contributed by atoms with Crippen molar-refractivity contribution in [3.05, 3.63) is 11.9 Å². The van der Waals surface area contributed by atoms with Crippen LogP contribution in [0.3, 0.4) is 0 Å². The number of anilines is 1. The third kappa shape index (κ3) is 1.65. The Morgan fingerprint density at radius 3 is 3.06 bits per heavy atom. The van der Waals surface area contributed by atoms with Gasteiger partial charge >= 0.3 is 0 Å². The predicted octanol–water partition coefficient (Wildman–Crippen LogP) is -0.401. The number of hydrogen-bond donors (Lipinski definition) is 2. The summed E-state index contributed by atoms with van der Waals surface area (Å²) in [7, 11) is 1.69. The van der Waals surface area contributed by atoms with Gasteiger partial charge in [0.25, 0.3) is 5.91 Å². The van der Waals surface area contributed by atoms with Crippen molar-refractivity contribution < 1.29 is 9.90 Å². The van der Waals surface area contributed by atoms with Crippen LogP contribution >= 0.6 is 0 Å². The highest BCUT2D eigenvalue weighted by Gasteiger charge is 2.31. The second-order valence-corrected chi connectivity index (χ2v) is 4.05. The van der Waals surface area contributed by atoms with E-state index in [1.54, 1.807) is 11.9 Å². The van der Waals surface area contributed by atoms with Gasteiger partial charge in [-0.15, -0.1) is 0 Å². The van der Waals surface area contributed by atoms with Crippen molar-refractivity contribution in [1.29, 1.82) is 0 Å². The van der Waals surface area contributed by atoms with E-state index in [1.165, 1.54) is 10.9 Å². The molecule has 6 heteroatoms. The van der Waals surface area contributed by atoms with Crippen molar-refractivity contribution in [3.8, 4) is 0 Å². The molecule has 3 N–H and O–H groups in total. The molecule has 1 unspecified atom stereocenters. The number of likely N-dealkylation sites (tertiary alicyclic amines) is 1. The van der Waals surface area contributed by atoms with Crippen LogP contribution in [0, 0.1) is 0 Å². The molecule has 16 heavy (non-hydrogen) atoms. The number of nitrogens with zero attached hydrogens (tertiary/aromatic N) is 3. The largest absolute Gasteiger partial charge is 0.396 e. The van der Waals surface area contributed by atoms with Crippen molar-refractivity contribution in [2.75, 3.05) is 18.9 Å². The average molecular weight is 224 g/mol. The second kappa shape index (κ2) is 4.13. The van der Waals surface area contributed by atoms with Gasteiger partial charge in [-0.25, -0.2) is 0 Å². The topological polar surface area (TPSA) is 84.4 Å². The Hall–Kier alpha value is -1.56. The number of carbonyl (C=O) groups is 1. The van der Waals surface area contributed by atoms with Crippen LogP contribution in [0.15, 0.2) is 6.20 Å². The zero-order valence-corrected chi connectivity index (χ0v) is 9.26. The number of rotatable bonds is 2. The summed E-state index contributed by atoms with van der Waals surface area (Å²) in [4.78, 5) is 13.9. The van der Waals surface area contributed by atoms with Crippen LogP contribution in [0.4, 0.5) is 5.69 Å². The Morgan fingerprint density at radius 1 is 1.75 bits per heavy atom. The Morgan fingerprint density at radius 2 is 2.50 bits per heavy atom. The van der Waals surface area contributed by atoms with Gasteiger partial charge in [0, 0.05) is 13.6 Å². The summed E-state index contributed by atoms with van der Waals surface area (Å²) >= 11 is 0. The summed E-state index contributed by atoms with van der Waals surface area (Å²) in [5.41, 5.74) is 6.49. The fraction of sp³-hybridized carbons (Fsp3) is 0.600. The molecule has 88 valence electrons. The van der Waals surface area contributed by atoms with Crippen LogP contribution in [0.5, 0.6) is 0 Å². The molecular formula is C10H16N4O2. The number of aryl methyl sites for hydroxylation is 1. The van der Waals surface area contributed by atoms with Gasteiger partial charge in [-0.05, 0) is 12.8 Å². The molecule has 2 rings (SSSR count). The molecule has 0 bridgehead atoms. The second-order valence-electron chi connectivity index (χ2n) is 4.05.